The van der Waals surface area contributed by atoms with Crippen molar-refractivity contribution < 1.29 is 9.18 Å². The van der Waals surface area contributed by atoms with Crippen LogP contribution in [0.1, 0.15) is 58.3 Å². The van der Waals surface area contributed by atoms with Gasteiger partial charge in [0, 0.05) is 13.1 Å². The van der Waals surface area contributed by atoms with E-state index in [1.165, 1.54) is 19.3 Å². The number of carbonyl (C=O) groups excluding carboxylic acids is 1. The summed E-state index contributed by atoms with van der Waals surface area (Å²) in [5.74, 6) is -0.270. The van der Waals surface area contributed by atoms with Crippen LogP contribution >= 0.6 is 0 Å². The fraction of sp³-hybridized carbons (Fsp3) is 0.923. The van der Waals surface area contributed by atoms with E-state index in [1.54, 1.807) is 4.90 Å². The molecule has 16 heavy (non-hydrogen) atoms. The lowest BCUT2D eigenvalue weighted by atomic mass is 10.1. The highest BCUT2D eigenvalue weighted by Crippen LogP contribution is 2.15. The highest BCUT2D eigenvalue weighted by atomic mass is 19.1. The second-order valence-corrected chi connectivity index (χ2v) is 4.70. The van der Waals surface area contributed by atoms with E-state index in [1.807, 2.05) is 0 Å². The van der Waals surface area contributed by atoms with E-state index in [0.717, 1.165) is 38.8 Å². The van der Waals surface area contributed by atoms with Gasteiger partial charge >= 0.3 is 0 Å². The third kappa shape index (κ3) is 4.50. The Morgan fingerprint density at radius 2 is 1.81 bits per heavy atom. The van der Waals surface area contributed by atoms with Crippen molar-refractivity contribution in [1.29, 1.82) is 0 Å². The zero-order valence-electron chi connectivity index (χ0n) is 10.4. The predicted molar refractivity (Wildman–Crippen MR) is 64.1 cm³/mol. The van der Waals surface area contributed by atoms with E-state index < -0.39 is 6.17 Å². The minimum Gasteiger partial charge on any atom is -0.340 e. The molecule has 0 aliphatic carbocycles. The second kappa shape index (κ2) is 7.64. The van der Waals surface area contributed by atoms with Crippen LogP contribution in [0.5, 0.6) is 0 Å². The molecule has 0 spiro atoms. The molecule has 1 amide bonds. The van der Waals surface area contributed by atoms with Crippen LogP contribution in [-0.4, -0.2) is 30.1 Å². The standard InChI is InChI=1S/C13H24FNO/c1-2-3-4-5-6-9-12(14)13(16)15-10-7-8-11-15/h12H,2-11H2,1H3. The molecular weight excluding hydrogens is 205 g/mol. The number of rotatable bonds is 7. The molecule has 0 aromatic rings. The smallest absolute Gasteiger partial charge is 0.257 e. The first-order chi connectivity index (χ1) is 7.75. The molecule has 0 radical (unpaired) electrons. The zero-order valence-corrected chi connectivity index (χ0v) is 10.4. The van der Waals surface area contributed by atoms with Crippen molar-refractivity contribution >= 4 is 5.91 Å². The molecule has 2 nitrogen and oxygen atoms in total. The summed E-state index contributed by atoms with van der Waals surface area (Å²) in [6.45, 7) is 3.68. The highest BCUT2D eigenvalue weighted by molar-refractivity contribution is 5.80. The Kier molecular flexibility index (Phi) is 6.43. The summed E-state index contributed by atoms with van der Waals surface area (Å²) in [7, 11) is 0. The number of hydrogen-bond acceptors (Lipinski definition) is 1. The quantitative estimate of drug-likeness (QED) is 0.613. The molecule has 1 aliphatic rings. The first kappa shape index (κ1) is 13.5. The van der Waals surface area contributed by atoms with Crippen LogP contribution in [0.4, 0.5) is 4.39 Å². The van der Waals surface area contributed by atoms with Gasteiger partial charge in [-0.15, -0.1) is 0 Å². The van der Waals surface area contributed by atoms with Crippen molar-refractivity contribution in [3.8, 4) is 0 Å². The Morgan fingerprint density at radius 3 is 2.44 bits per heavy atom. The number of nitrogens with zero attached hydrogens (tertiary/aromatic N) is 1. The van der Waals surface area contributed by atoms with Crippen molar-refractivity contribution in [2.24, 2.45) is 0 Å². The molecule has 0 aromatic carbocycles. The SMILES string of the molecule is CCCCCCCC(F)C(=O)N1CCCC1. The van der Waals surface area contributed by atoms with Gasteiger partial charge in [-0.05, 0) is 19.3 Å². The average Bonchev–Trinajstić information content (AvgIpc) is 2.81. The maximum Gasteiger partial charge on any atom is 0.257 e. The molecule has 1 saturated heterocycles. The number of alkyl halides is 1. The Morgan fingerprint density at radius 1 is 1.19 bits per heavy atom. The number of likely N-dealkylation sites (tertiary alicyclic amines) is 1. The fourth-order valence-electron chi connectivity index (χ4n) is 2.19. The lowest BCUT2D eigenvalue weighted by Crippen LogP contribution is -2.34. The lowest BCUT2D eigenvalue weighted by molar-refractivity contribution is -0.135. The molecule has 0 aromatic heterocycles. The van der Waals surface area contributed by atoms with Crippen molar-refractivity contribution in [2.75, 3.05) is 13.1 Å². The normalized spacial score (nSPS) is 17.8. The van der Waals surface area contributed by atoms with Gasteiger partial charge in [0.1, 0.15) is 0 Å². The van der Waals surface area contributed by atoms with Crippen LogP contribution in [0.3, 0.4) is 0 Å². The Bertz CT molecular complexity index is 202. The van der Waals surface area contributed by atoms with Crippen molar-refractivity contribution in [1.82, 2.24) is 4.90 Å². The molecule has 0 saturated carbocycles. The van der Waals surface area contributed by atoms with Gasteiger partial charge in [-0.2, -0.15) is 0 Å². The van der Waals surface area contributed by atoms with Gasteiger partial charge in [-0.1, -0.05) is 39.0 Å². The summed E-state index contributed by atoms with van der Waals surface area (Å²) in [4.78, 5) is 13.3. The highest BCUT2D eigenvalue weighted by Gasteiger charge is 2.25. The third-order valence-corrected chi connectivity index (χ3v) is 3.25. The Balaban J connectivity index is 2.08. The molecule has 1 rings (SSSR count). The van der Waals surface area contributed by atoms with Crippen LogP contribution in [0, 0.1) is 0 Å². The number of hydrogen-bond donors (Lipinski definition) is 0. The summed E-state index contributed by atoms with van der Waals surface area (Å²) < 4.78 is 13.6. The van der Waals surface area contributed by atoms with Crippen molar-refractivity contribution in [3.05, 3.63) is 0 Å². The number of unbranched alkanes of at least 4 members (excludes halogenated alkanes) is 4. The predicted octanol–water partition coefficient (Wildman–Crippen LogP) is 3.31. The van der Waals surface area contributed by atoms with Gasteiger partial charge in [-0.25, -0.2) is 4.39 Å². The minimum atomic E-state index is -1.25. The van der Waals surface area contributed by atoms with E-state index in [0.29, 0.717) is 6.42 Å². The maximum absolute atomic E-state index is 13.6. The van der Waals surface area contributed by atoms with E-state index >= 15 is 0 Å². The van der Waals surface area contributed by atoms with Crippen LogP contribution in [0.2, 0.25) is 0 Å². The first-order valence-corrected chi connectivity index (χ1v) is 6.68. The lowest BCUT2D eigenvalue weighted by Gasteiger charge is -2.17. The van der Waals surface area contributed by atoms with Crippen molar-refractivity contribution in [3.63, 3.8) is 0 Å². The number of carbonyl (C=O) groups is 1. The fourth-order valence-corrected chi connectivity index (χ4v) is 2.19. The molecule has 1 fully saturated rings. The molecule has 0 bridgehead atoms. The summed E-state index contributed by atoms with van der Waals surface area (Å²) >= 11 is 0. The van der Waals surface area contributed by atoms with E-state index in [9.17, 15) is 9.18 Å². The molecule has 1 atom stereocenters. The largest absolute Gasteiger partial charge is 0.340 e. The molecule has 1 unspecified atom stereocenters. The molecule has 1 aliphatic heterocycles. The summed E-state index contributed by atoms with van der Waals surface area (Å²) in [6, 6.07) is 0. The van der Waals surface area contributed by atoms with Crippen LogP contribution < -0.4 is 0 Å². The topological polar surface area (TPSA) is 20.3 Å². The van der Waals surface area contributed by atoms with Crippen LogP contribution in [0.15, 0.2) is 0 Å². The van der Waals surface area contributed by atoms with Gasteiger partial charge in [0.15, 0.2) is 6.17 Å². The number of halogens is 1. The van der Waals surface area contributed by atoms with Gasteiger partial charge in [-0.3, -0.25) is 4.79 Å². The average molecular weight is 229 g/mol. The number of amides is 1. The monoisotopic (exact) mass is 229 g/mol. The van der Waals surface area contributed by atoms with Crippen LogP contribution in [0.25, 0.3) is 0 Å². The summed E-state index contributed by atoms with van der Waals surface area (Å²) in [5, 5.41) is 0. The summed E-state index contributed by atoms with van der Waals surface area (Å²) in [5.41, 5.74) is 0. The molecular formula is C13H24FNO. The van der Waals surface area contributed by atoms with Gasteiger partial charge < -0.3 is 4.90 Å². The Labute approximate surface area is 98.2 Å². The third-order valence-electron chi connectivity index (χ3n) is 3.25. The van der Waals surface area contributed by atoms with E-state index in [2.05, 4.69) is 6.92 Å². The van der Waals surface area contributed by atoms with Gasteiger partial charge in [0.05, 0.1) is 0 Å². The van der Waals surface area contributed by atoms with E-state index in [4.69, 9.17) is 0 Å². The van der Waals surface area contributed by atoms with Crippen LogP contribution in [-0.2, 0) is 4.79 Å². The molecule has 1 heterocycles. The Hall–Kier alpha value is -0.600. The maximum atomic E-state index is 13.6. The second-order valence-electron chi connectivity index (χ2n) is 4.70. The zero-order chi connectivity index (χ0) is 11.8. The van der Waals surface area contributed by atoms with Gasteiger partial charge in [0.2, 0.25) is 0 Å². The van der Waals surface area contributed by atoms with E-state index in [-0.39, 0.29) is 5.91 Å². The summed E-state index contributed by atoms with van der Waals surface area (Å²) in [6.07, 6.45) is 6.73. The molecule has 94 valence electrons. The molecule has 0 N–H and O–H groups in total. The van der Waals surface area contributed by atoms with Crippen molar-refractivity contribution in [2.45, 2.75) is 64.5 Å². The van der Waals surface area contributed by atoms with Gasteiger partial charge in [0.25, 0.3) is 5.91 Å². The minimum absolute atomic E-state index is 0.270. The molecule has 3 heteroatoms. The first-order valence-electron chi connectivity index (χ1n) is 6.68.